The second-order valence-electron chi connectivity index (χ2n) is 6.18. The van der Waals surface area contributed by atoms with Crippen LogP contribution < -0.4 is 5.32 Å². The molecule has 0 amide bonds. The SMILES string of the molecule is S=c1oc(-c2cc3c(ccc4ccccc43)o2)nn1CNc1ccccc1. The number of hydrogen-bond donors (Lipinski definition) is 1. The van der Waals surface area contributed by atoms with Crippen molar-refractivity contribution in [3.63, 3.8) is 0 Å². The zero-order chi connectivity index (χ0) is 18.2. The van der Waals surface area contributed by atoms with E-state index in [1.54, 1.807) is 4.68 Å². The molecule has 0 spiro atoms. The number of rotatable bonds is 4. The molecule has 6 heteroatoms. The van der Waals surface area contributed by atoms with Crippen LogP contribution in [0.5, 0.6) is 0 Å². The summed E-state index contributed by atoms with van der Waals surface area (Å²) in [5.41, 5.74) is 1.78. The van der Waals surface area contributed by atoms with Crippen molar-refractivity contribution in [1.82, 2.24) is 9.78 Å². The van der Waals surface area contributed by atoms with Gasteiger partial charge in [0.1, 0.15) is 12.3 Å². The number of fused-ring (bicyclic) bond motifs is 3. The summed E-state index contributed by atoms with van der Waals surface area (Å²) < 4.78 is 13.2. The van der Waals surface area contributed by atoms with Crippen LogP contribution in [0.1, 0.15) is 0 Å². The summed E-state index contributed by atoms with van der Waals surface area (Å²) in [5, 5.41) is 11.0. The van der Waals surface area contributed by atoms with Gasteiger partial charge in [-0.05, 0) is 47.3 Å². The highest BCUT2D eigenvalue weighted by Crippen LogP contribution is 2.32. The van der Waals surface area contributed by atoms with Crippen molar-refractivity contribution in [2.24, 2.45) is 0 Å². The minimum absolute atomic E-state index is 0.291. The van der Waals surface area contributed by atoms with Gasteiger partial charge < -0.3 is 14.2 Å². The summed E-state index contributed by atoms with van der Waals surface area (Å²) in [6.07, 6.45) is 0. The van der Waals surface area contributed by atoms with E-state index in [9.17, 15) is 0 Å². The van der Waals surface area contributed by atoms with Gasteiger partial charge in [-0.1, -0.05) is 48.5 Å². The lowest BCUT2D eigenvalue weighted by Crippen LogP contribution is -2.09. The van der Waals surface area contributed by atoms with Gasteiger partial charge in [0.15, 0.2) is 5.76 Å². The van der Waals surface area contributed by atoms with E-state index in [0.29, 0.717) is 23.2 Å². The smallest absolute Gasteiger partial charge is 0.289 e. The molecule has 2 heterocycles. The first-order valence-corrected chi connectivity index (χ1v) is 8.97. The number of hydrogen-bond acceptors (Lipinski definition) is 5. The molecule has 27 heavy (non-hydrogen) atoms. The van der Waals surface area contributed by atoms with E-state index >= 15 is 0 Å². The third-order valence-corrected chi connectivity index (χ3v) is 4.74. The number of benzene rings is 3. The molecule has 5 rings (SSSR count). The van der Waals surface area contributed by atoms with Gasteiger partial charge >= 0.3 is 0 Å². The molecule has 0 saturated heterocycles. The van der Waals surface area contributed by atoms with Gasteiger partial charge in [-0.3, -0.25) is 0 Å². The van der Waals surface area contributed by atoms with Crippen LogP contribution in [-0.2, 0) is 6.67 Å². The topological polar surface area (TPSA) is 56.1 Å². The van der Waals surface area contributed by atoms with E-state index in [0.717, 1.165) is 27.4 Å². The Balaban J connectivity index is 1.50. The van der Waals surface area contributed by atoms with E-state index in [-0.39, 0.29) is 0 Å². The third kappa shape index (κ3) is 2.90. The Bertz CT molecular complexity index is 1300. The molecule has 0 bridgehead atoms. The zero-order valence-corrected chi connectivity index (χ0v) is 15.1. The molecular formula is C21H15N3O2S. The van der Waals surface area contributed by atoms with Gasteiger partial charge in [-0.25, -0.2) is 4.68 Å². The Morgan fingerprint density at radius 1 is 0.889 bits per heavy atom. The summed E-state index contributed by atoms with van der Waals surface area (Å²) in [6.45, 7) is 0.412. The average molecular weight is 373 g/mol. The predicted octanol–water partition coefficient (Wildman–Crippen LogP) is 5.84. The van der Waals surface area contributed by atoms with Gasteiger partial charge in [-0.2, -0.15) is 0 Å². The molecule has 0 aliphatic rings. The summed E-state index contributed by atoms with van der Waals surface area (Å²) in [5.74, 6) is 0.932. The minimum atomic E-state index is 0.291. The van der Waals surface area contributed by atoms with Crippen molar-refractivity contribution in [2.45, 2.75) is 6.67 Å². The molecule has 132 valence electrons. The molecular weight excluding hydrogens is 358 g/mol. The van der Waals surface area contributed by atoms with Crippen molar-refractivity contribution in [3.8, 4) is 11.7 Å². The van der Waals surface area contributed by atoms with Gasteiger partial charge in [0, 0.05) is 11.1 Å². The molecule has 2 aromatic heterocycles. The molecule has 0 saturated carbocycles. The van der Waals surface area contributed by atoms with E-state index in [2.05, 4.69) is 22.5 Å². The maximum atomic E-state index is 5.96. The van der Waals surface area contributed by atoms with E-state index in [4.69, 9.17) is 21.1 Å². The van der Waals surface area contributed by atoms with Gasteiger partial charge in [-0.15, -0.1) is 5.10 Å². The molecule has 0 atom stereocenters. The second kappa shape index (κ2) is 6.41. The fraction of sp³-hybridized carbons (Fsp3) is 0.0476. The molecule has 3 aromatic carbocycles. The van der Waals surface area contributed by atoms with Crippen LogP contribution in [-0.4, -0.2) is 9.78 Å². The summed E-state index contributed by atoms with van der Waals surface area (Å²) in [7, 11) is 0. The number of aromatic nitrogens is 2. The maximum Gasteiger partial charge on any atom is 0.289 e. The lowest BCUT2D eigenvalue weighted by atomic mass is 10.1. The lowest BCUT2D eigenvalue weighted by molar-refractivity contribution is 0.505. The molecule has 0 radical (unpaired) electrons. The first-order valence-electron chi connectivity index (χ1n) is 8.56. The van der Waals surface area contributed by atoms with Crippen LogP contribution >= 0.6 is 12.2 Å². The number of nitrogens with zero attached hydrogens (tertiary/aromatic N) is 2. The van der Waals surface area contributed by atoms with Crippen LogP contribution in [0.15, 0.2) is 81.6 Å². The highest BCUT2D eigenvalue weighted by molar-refractivity contribution is 7.71. The lowest BCUT2D eigenvalue weighted by Gasteiger charge is -2.04. The largest absolute Gasteiger partial charge is 0.451 e. The fourth-order valence-electron chi connectivity index (χ4n) is 3.13. The molecule has 1 N–H and O–H groups in total. The van der Waals surface area contributed by atoms with Crippen LogP contribution in [0.2, 0.25) is 0 Å². The standard InChI is InChI=1S/C21H15N3O2S/c27-21-24(13-22-15-7-2-1-3-8-15)23-20(26-21)19-12-17-16-9-5-4-6-14(16)10-11-18(17)25-19/h1-12,22H,13H2. The molecule has 5 nitrogen and oxygen atoms in total. The highest BCUT2D eigenvalue weighted by Gasteiger charge is 2.15. The zero-order valence-electron chi connectivity index (χ0n) is 14.3. The third-order valence-electron chi connectivity index (χ3n) is 4.45. The van der Waals surface area contributed by atoms with E-state index in [1.807, 2.05) is 60.7 Å². The fourth-order valence-corrected chi connectivity index (χ4v) is 3.31. The van der Waals surface area contributed by atoms with E-state index < -0.39 is 0 Å². The van der Waals surface area contributed by atoms with Crippen LogP contribution in [0.4, 0.5) is 5.69 Å². The minimum Gasteiger partial charge on any atom is -0.451 e. The number of anilines is 1. The Hall–Kier alpha value is -3.38. The van der Waals surface area contributed by atoms with Crippen LogP contribution in [0.25, 0.3) is 33.4 Å². The number of furan rings is 1. The monoisotopic (exact) mass is 373 g/mol. The Kier molecular flexibility index (Phi) is 3.76. The van der Waals surface area contributed by atoms with E-state index in [1.165, 1.54) is 0 Å². The molecule has 5 aromatic rings. The Labute approximate surface area is 159 Å². The molecule has 0 fully saturated rings. The molecule has 0 aliphatic carbocycles. The van der Waals surface area contributed by atoms with Crippen molar-refractivity contribution in [2.75, 3.05) is 5.32 Å². The molecule has 0 unspecified atom stereocenters. The highest BCUT2D eigenvalue weighted by atomic mass is 32.1. The van der Waals surface area contributed by atoms with Gasteiger partial charge in [0.2, 0.25) is 0 Å². The Morgan fingerprint density at radius 3 is 2.59 bits per heavy atom. The summed E-state index contributed by atoms with van der Waals surface area (Å²) in [6, 6.07) is 24.0. The Morgan fingerprint density at radius 2 is 1.70 bits per heavy atom. The van der Waals surface area contributed by atoms with Crippen molar-refractivity contribution in [1.29, 1.82) is 0 Å². The van der Waals surface area contributed by atoms with Crippen LogP contribution in [0, 0.1) is 4.84 Å². The van der Waals surface area contributed by atoms with Gasteiger partial charge in [0.25, 0.3) is 10.7 Å². The first kappa shape index (κ1) is 15.8. The first-order chi connectivity index (χ1) is 13.3. The van der Waals surface area contributed by atoms with Crippen molar-refractivity contribution >= 4 is 39.6 Å². The van der Waals surface area contributed by atoms with Crippen molar-refractivity contribution in [3.05, 3.63) is 77.6 Å². The average Bonchev–Trinajstić information content (AvgIpc) is 3.31. The normalized spacial score (nSPS) is 11.3. The van der Waals surface area contributed by atoms with Crippen molar-refractivity contribution < 1.29 is 8.83 Å². The molecule has 0 aliphatic heterocycles. The maximum absolute atomic E-state index is 5.96. The quantitative estimate of drug-likeness (QED) is 0.401. The predicted molar refractivity (Wildman–Crippen MR) is 108 cm³/mol. The number of nitrogens with one attached hydrogen (secondary N) is 1. The van der Waals surface area contributed by atoms with Gasteiger partial charge in [0.05, 0.1) is 0 Å². The van der Waals surface area contributed by atoms with Crippen LogP contribution in [0.3, 0.4) is 0 Å². The summed E-state index contributed by atoms with van der Waals surface area (Å²) >= 11 is 5.30. The number of para-hydroxylation sites is 1. The summed E-state index contributed by atoms with van der Waals surface area (Å²) in [4.78, 5) is 0.291. The second-order valence-corrected chi connectivity index (χ2v) is 6.53.